The monoisotopic (exact) mass is 298 g/mol. The fraction of sp³-hybridized carbons (Fsp3) is 0.182. The summed E-state index contributed by atoms with van der Waals surface area (Å²) in [6.45, 7) is 1.61. The van der Waals surface area contributed by atoms with Crippen LogP contribution >= 0.6 is 0 Å². The molecular weight excluding hydrogens is 290 g/mol. The minimum atomic E-state index is -1.33. The first kappa shape index (κ1) is 14.5. The molecule has 0 spiro atoms. The van der Waals surface area contributed by atoms with Crippen molar-refractivity contribution in [3.8, 4) is 11.3 Å². The summed E-state index contributed by atoms with van der Waals surface area (Å²) in [4.78, 5) is 21.3. The Hall–Kier alpha value is -2.91. The summed E-state index contributed by atoms with van der Waals surface area (Å²) in [6, 6.07) is 0.988. The zero-order chi connectivity index (χ0) is 15.6. The van der Waals surface area contributed by atoms with Crippen molar-refractivity contribution in [1.29, 1.82) is 0 Å². The fourth-order valence-electron chi connectivity index (χ4n) is 1.62. The van der Waals surface area contributed by atoms with Gasteiger partial charge in [-0.05, 0) is 6.92 Å². The minimum absolute atomic E-state index is 0.0528. The molecule has 0 aliphatic heterocycles. The van der Waals surface area contributed by atoms with Gasteiger partial charge in [-0.3, -0.25) is 10.1 Å². The highest BCUT2D eigenvalue weighted by Gasteiger charge is 2.25. The highest BCUT2D eigenvalue weighted by molar-refractivity contribution is 5.94. The number of nitrogens with one attached hydrogen (secondary N) is 1. The maximum Gasteiger partial charge on any atom is 0.361 e. The number of esters is 1. The first-order chi connectivity index (χ1) is 9.95. The van der Waals surface area contributed by atoms with Crippen LogP contribution in [-0.2, 0) is 4.74 Å². The fourth-order valence-corrected chi connectivity index (χ4v) is 1.62. The zero-order valence-electron chi connectivity index (χ0n) is 10.6. The van der Waals surface area contributed by atoms with Gasteiger partial charge in [0.2, 0.25) is 5.82 Å². The van der Waals surface area contributed by atoms with Crippen molar-refractivity contribution in [2.24, 2.45) is 0 Å². The zero-order valence-corrected chi connectivity index (χ0v) is 10.6. The summed E-state index contributed by atoms with van der Waals surface area (Å²) in [7, 11) is 0. The van der Waals surface area contributed by atoms with Crippen molar-refractivity contribution >= 4 is 11.7 Å². The van der Waals surface area contributed by atoms with E-state index in [0.29, 0.717) is 12.1 Å². The number of hydrogen-bond acceptors (Lipinski definition) is 6. The lowest BCUT2D eigenvalue weighted by atomic mass is 10.1. The number of nitro benzene ring substituents is 1. The number of carbonyl (C=O) groups excluding carboxylic acids is 1. The highest BCUT2D eigenvalue weighted by atomic mass is 19.1. The molecule has 10 heteroatoms. The van der Waals surface area contributed by atoms with E-state index in [1.807, 2.05) is 0 Å². The SMILES string of the molecule is CCOC(=O)c1n[nH]nc1-c1cc([N+](=O)[O-])c(F)cc1F. The van der Waals surface area contributed by atoms with Gasteiger partial charge < -0.3 is 4.74 Å². The van der Waals surface area contributed by atoms with E-state index in [2.05, 4.69) is 15.4 Å². The molecule has 0 radical (unpaired) electrons. The van der Waals surface area contributed by atoms with E-state index in [9.17, 15) is 23.7 Å². The number of halogens is 2. The molecule has 0 unspecified atom stereocenters. The predicted octanol–water partition coefficient (Wildman–Crippen LogP) is 1.83. The lowest BCUT2D eigenvalue weighted by molar-refractivity contribution is -0.387. The van der Waals surface area contributed by atoms with Gasteiger partial charge in [0.05, 0.1) is 11.5 Å². The maximum absolute atomic E-state index is 13.8. The van der Waals surface area contributed by atoms with Crippen LogP contribution in [0.15, 0.2) is 12.1 Å². The van der Waals surface area contributed by atoms with E-state index < -0.39 is 33.8 Å². The minimum Gasteiger partial charge on any atom is -0.461 e. The van der Waals surface area contributed by atoms with E-state index in [-0.39, 0.29) is 18.0 Å². The number of aromatic amines is 1. The quantitative estimate of drug-likeness (QED) is 0.523. The van der Waals surface area contributed by atoms with Gasteiger partial charge in [0, 0.05) is 17.7 Å². The Bertz CT molecular complexity index is 716. The van der Waals surface area contributed by atoms with Crippen molar-refractivity contribution in [3.05, 3.63) is 39.6 Å². The Morgan fingerprint density at radius 3 is 2.71 bits per heavy atom. The van der Waals surface area contributed by atoms with Gasteiger partial charge in [0.15, 0.2) is 5.69 Å². The maximum atomic E-state index is 13.8. The molecule has 1 aromatic heterocycles. The number of carbonyl (C=O) groups is 1. The normalized spacial score (nSPS) is 10.4. The Morgan fingerprint density at radius 1 is 1.38 bits per heavy atom. The van der Waals surface area contributed by atoms with E-state index in [0.717, 1.165) is 0 Å². The topological polar surface area (TPSA) is 111 Å². The van der Waals surface area contributed by atoms with Gasteiger partial charge in [-0.15, -0.1) is 5.10 Å². The summed E-state index contributed by atoms with van der Waals surface area (Å²) in [5, 5.41) is 19.8. The third kappa shape index (κ3) is 2.68. The lowest BCUT2D eigenvalue weighted by Gasteiger charge is -2.03. The summed E-state index contributed by atoms with van der Waals surface area (Å²) in [5.41, 5.74) is -2.02. The first-order valence-corrected chi connectivity index (χ1v) is 5.67. The molecule has 0 atom stereocenters. The van der Waals surface area contributed by atoms with Crippen LogP contribution in [0.25, 0.3) is 11.3 Å². The highest BCUT2D eigenvalue weighted by Crippen LogP contribution is 2.29. The third-order valence-corrected chi connectivity index (χ3v) is 2.51. The molecule has 0 fully saturated rings. The number of hydrogen-bond donors (Lipinski definition) is 1. The van der Waals surface area contributed by atoms with Crippen molar-refractivity contribution < 1.29 is 23.2 Å². The van der Waals surface area contributed by atoms with Crippen LogP contribution in [0.1, 0.15) is 17.4 Å². The lowest BCUT2D eigenvalue weighted by Crippen LogP contribution is -2.07. The molecule has 110 valence electrons. The van der Waals surface area contributed by atoms with E-state index >= 15 is 0 Å². The van der Waals surface area contributed by atoms with Crippen molar-refractivity contribution in [2.45, 2.75) is 6.92 Å². The van der Waals surface area contributed by atoms with Crippen LogP contribution in [0.5, 0.6) is 0 Å². The number of benzene rings is 1. The largest absolute Gasteiger partial charge is 0.461 e. The number of nitrogens with zero attached hydrogens (tertiary/aromatic N) is 3. The first-order valence-electron chi connectivity index (χ1n) is 5.67. The van der Waals surface area contributed by atoms with Crippen molar-refractivity contribution in [3.63, 3.8) is 0 Å². The molecule has 0 aliphatic carbocycles. The van der Waals surface area contributed by atoms with Gasteiger partial charge in [0.1, 0.15) is 11.5 Å². The van der Waals surface area contributed by atoms with Crippen LogP contribution in [0.3, 0.4) is 0 Å². The molecule has 21 heavy (non-hydrogen) atoms. The van der Waals surface area contributed by atoms with Crippen LogP contribution in [-0.4, -0.2) is 32.9 Å². The van der Waals surface area contributed by atoms with Crippen LogP contribution in [0.2, 0.25) is 0 Å². The number of aromatic nitrogens is 3. The Morgan fingerprint density at radius 2 is 2.10 bits per heavy atom. The molecule has 2 rings (SSSR count). The molecule has 0 aliphatic rings. The van der Waals surface area contributed by atoms with Crippen LogP contribution in [0, 0.1) is 21.7 Å². The summed E-state index contributed by atoms with van der Waals surface area (Å²) < 4.78 is 31.8. The Labute approximate surface area is 115 Å². The molecule has 0 amide bonds. The Kier molecular flexibility index (Phi) is 3.87. The molecule has 1 aromatic carbocycles. The van der Waals surface area contributed by atoms with Gasteiger partial charge in [-0.25, -0.2) is 9.18 Å². The van der Waals surface area contributed by atoms with Gasteiger partial charge >= 0.3 is 11.7 Å². The smallest absolute Gasteiger partial charge is 0.361 e. The van der Waals surface area contributed by atoms with Gasteiger partial charge in [-0.2, -0.15) is 14.7 Å². The van der Waals surface area contributed by atoms with E-state index in [1.54, 1.807) is 6.92 Å². The summed E-state index contributed by atoms with van der Waals surface area (Å²) in [6.07, 6.45) is 0. The molecule has 0 bridgehead atoms. The molecule has 0 saturated heterocycles. The number of rotatable bonds is 4. The molecular formula is C11H8F2N4O4. The summed E-state index contributed by atoms with van der Waals surface area (Å²) in [5.74, 6) is -3.33. The molecule has 1 N–H and O–H groups in total. The second-order valence-electron chi connectivity index (χ2n) is 3.78. The van der Waals surface area contributed by atoms with Crippen LogP contribution < -0.4 is 0 Å². The van der Waals surface area contributed by atoms with Crippen LogP contribution in [0.4, 0.5) is 14.5 Å². The molecule has 0 saturated carbocycles. The molecule has 8 nitrogen and oxygen atoms in total. The van der Waals surface area contributed by atoms with E-state index in [1.165, 1.54) is 0 Å². The number of nitro groups is 1. The van der Waals surface area contributed by atoms with Crippen molar-refractivity contribution in [1.82, 2.24) is 15.4 Å². The average Bonchev–Trinajstić information content (AvgIpc) is 2.87. The molecule has 1 heterocycles. The summed E-state index contributed by atoms with van der Waals surface area (Å²) >= 11 is 0. The average molecular weight is 298 g/mol. The second kappa shape index (κ2) is 5.61. The Balaban J connectivity index is 2.58. The number of H-pyrrole nitrogens is 1. The third-order valence-electron chi connectivity index (χ3n) is 2.51. The standard InChI is InChI=1S/C11H8F2N4O4/c1-2-21-11(18)10-9(14-16-15-10)5-3-8(17(19)20)7(13)4-6(5)12/h3-4H,2H2,1H3,(H,14,15,16). The van der Waals surface area contributed by atoms with Gasteiger partial charge in [0.25, 0.3) is 0 Å². The predicted molar refractivity (Wildman–Crippen MR) is 64.3 cm³/mol. The van der Waals surface area contributed by atoms with Gasteiger partial charge in [-0.1, -0.05) is 0 Å². The van der Waals surface area contributed by atoms with E-state index in [4.69, 9.17) is 4.74 Å². The molecule has 2 aromatic rings. The van der Waals surface area contributed by atoms with Crippen molar-refractivity contribution in [2.75, 3.05) is 6.61 Å². The number of ether oxygens (including phenoxy) is 1. The second-order valence-corrected chi connectivity index (χ2v) is 3.78.